The Morgan fingerprint density at radius 3 is 2.38 bits per heavy atom. The van der Waals surface area contributed by atoms with Gasteiger partial charge in [0.2, 0.25) is 0 Å². The van der Waals surface area contributed by atoms with Crippen LogP contribution in [0.15, 0.2) is 12.7 Å². The summed E-state index contributed by atoms with van der Waals surface area (Å²) in [7, 11) is 4.26. The van der Waals surface area contributed by atoms with Crippen LogP contribution in [0, 0.1) is 0 Å². The molecule has 0 aromatic carbocycles. The monoisotopic (exact) mass is 192 g/mol. The van der Waals surface area contributed by atoms with Gasteiger partial charge in [0, 0.05) is 6.08 Å². The molecule has 0 saturated heterocycles. The molecule has 0 fully saturated rings. The first-order valence-corrected chi connectivity index (χ1v) is 3.49. The highest BCUT2D eigenvalue weighted by molar-refractivity contribution is 5.81. The van der Waals surface area contributed by atoms with Crippen LogP contribution in [0.3, 0.4) is 0 Å². The van der Waals surface area contributed by atoms with Crippen LogP contribution in [0.5, 0.6) is 0 Å². The van der Waals surface area contributed by atoms with Crippen LogP contribution in [-0.2, 0) is 24.0 Å². The van der Waals surface area contributed by atoms with Crippen LogP contribution >= 0.6 is 0 Å². The van der Waals surface area contributed by atoms with Crippen molar-refractivity contribution in [2.75, 3.05) is 28.1 Å². The summed E-state index contributed by atoms with van der Waals surface area (Å²) in [6.07, 6.45) is 1.04. The molecule has 0 saturated carbocycles. The zero-order valence-electron chi connectivity index (χ0n) is 7.98. The van der Waals surface area contributed by atoms with Gasteiger partial charge in [-0.2, -0.15) is 0 Å². The molecule has 0 heterocycles. The molecule has 0 aromatic heterocycles. The molecule has 0 aliphatic rings. The minimum Gasteiger partial charge on any atom is -0.429 e. The number of ether oxygens (including phenoxy) is 1. The summed E-state index contributed by atoms with van der Waals surface area (Å²) < 4.78 is 4.54. The molecular formula is C7H14NO5+. The van der Waals surface area contributed by atoms with E-state index in [1.807, 2.05) is 0 Å². The predicted octanol–water partition coefficient (Wildman–Crippen LogP) is 0.174. The summed E-state index contributed by atoms with van der Waals surface area (Å²) in [4.78, 5) is 24.5. The Hall–Kier alpha value is -0.950. The van der Waals surface area contributed by atoms with Gasteiger partial charge in [-0.15, -0.1) is 9.68 Å². The summed E-state index contributed by atoms with van der Waals surface area (Å²) in [5, 5.41) is 0. The van der Waals surface area contributed by atoms with Crippen molar-refractivity contribution >= 4 is 5.97 Å². The van der Waals surface area contributed by atoms with Crippen LogP contribution in [0.4, 0.5) is 0 Å². The molecule has 6 heteroatoms. The lowest BCUT2D eigenvalue weighted by Gasteiger charge is -2.21. The molecule has 0 amide bonds. The lowest BCUT2D eigenvalue weighted by atomic mass is 10.7. The van der Waals surface area contributed by atoms with E-state index in [2.05, 4.69) is 11.3 Å². The van der Waals surface area contributed by atoms with Crippen LogP contribution < -0.4 is 0 Å². The molecule has 6 nitrogen and oxygen atoms in total. The Balaban J connectivity index is 3.73. The number of esters is 1. The van der Waals surface area contributed by atoms with Gasteiger partial charge in [-0.3, -0.25) is 0 Å². The first-order valence-electron chi connectivity index (χ1n) is 3.49. The molecular weight excluding hydrogens is 178 g/mol. The van der Waals surface area contributed by atoms with Crippen LogP contribution in [-0.4, -0.2) is 39.0 Å². The van der Waals surface area contributed by atoms with E-state index in [0.717, 1.165) is 6.08 Å². The molecule has 0 aromatic rings. The van der Waals surface area contributed by atoms with Crippen molar-refractivity contribution in [1.82, 2.24) is 0 Å². The molecule has 0 rings (SSSR count). The van der Waals surface area contributed by atoms with Crippen molar-refractivity contribution < 1.29 is 29.0 Å². The summed E-state index contributed by atoms with van der Waals surface area (Å²) >= 11 is 0. The van der Waals surface area contributed by atoms with Crippen molar-refractivity contribution in [2.24, 2.45) is 0 Å². The topological polar surface area (TPSA) is 54.0 Å². The number of hydrogen-bond donors (Lipinski definition) is 0. The fourth-order valence-corrected chi connectivity index (χ4v) is 0.419. The maximum absolute atomic E-state index is 10.6. The smallest absolute Gasteiger partial charge is 0.332 e. The van der Waals surface area contributed by atoms with Gasteiger partial charge in [-0.1, -0.05) is 11.4 Å². The summed E-state index contributed by atoms with van der Waals surface area (Å²) in [5.74, 6) is -0.571. The Kier molecular flexibility index (Phi) is 5.24. The Morgan fingerprint density at radius 2 is 2.00 bits per heavy atom. The summed E-state index contributed by atoms with van der Waals surface area (Å²) in [6.45, 7) is 2.94. The number of hydroxylamine groups is 3. The molecule has 0 N–H and O–H groups in total. The normalized spacial score (nSPS) is 11.0. The highest BCUT2D eigenvalue weighted by Gasteiger charge is 2.24. The van der Waals surface area contributed by atoms with Gasteiger partial charge < -0.3 is 4.74 Å². The number of hydrogen-bond acceptors (Lipinski definition) is 5. The quantitative estimate of drug-likeness (QED) is 0.197. The minimum atomic E-state index is -0.571. The summed E-state index contributed by atoms with van der Waals surface area (Å²) in [6, 6.07) is 0. The fourth-order valence-electron chi connectivity index (χ4n) is 0.419. The molecule has 0 aliphatic carbocycles. The zero-order chi connectivity index (χ0) is 10.3. The number of carbonyl (C=O) groups excluding carboxylic acids is 1. The second kappa shape index (κ2) is 5.65. The lowest BCUT2D eigenvalue weighted by molar-refractivity contribution is -1.35. The van der Waals surface area contributed by atoms with Crippen molar-refractivity contribution in [1.29, 1.82) is 0 Å². The summed E-state index contributed by atoms with van der Waals surface area (Å²) in [5.41, 5.74) is 0. The van der Waals surface area contributed by atoms with E-state index in [0.29, 0.717) is 0 Å². The maximum atomic E-state index is 10.6. The van der Waals surface area contributed by atoms with Crippen molar-refractivity contribution in [3.05, 3.63) is 12.7 Å². The number of nitrogens with zero attached hydrogens (tertiary/aromatic N) is 1. The van der Waals surface area contributed by atoms with Crippen molar-refractivity contribution in [2.45, 2.75) is 0 Å². The molecule has 0 aliphatic heterocycles. The van der Waals surface area contributed by atoms with Gasteiger partial charge in [0.05, 0.1) is 4.97 Å². The van der Waals surface area contributed by atoms with Crippen LogP contribution in [0.25, 0.3) is 0 Å². The molecule has 0 atom stereocenters. The SMILES string of the molecule is C=CC(=O)OCO[N+](C)(OC)OC. The second-order valence-electron chi connectivity index (χ2n) is 2.05. The maximum Gasteiger partial charge on any atom is 0.332 e. The molecule has 0 unspecified atom stereocenters. The van der Waals surface area contributed by atoms with E-state index in [1.54, 1.807) is 0 Å². The van der Waals surface area contributed by atoms with E-state index >= 15 is 0 Å². The minimum absolute atomic E-state index is 0.275. The molecule has 76 valence electrons. The Morgan fingerprint density at radius 1 is 1.46 bits per heavy atom. The zero-order valence-corrected chi connectivity index (χ0v) is 7.98. The third kappa shape index (κ3) is 4.58. The van der Waals surface area contributed by atoms with E-state index in [4.69, 9.17) is 14.5 Å². The van der Waals surface area contributed by atoms with E-state index in [9.17, 15) is 4.79 Å². The van der Waals surface area contributed by atoms with E-state index in [-0.39, 0.29) is 6.79 Å². The standard InChI is InChI=1S/C7H14NO5/c1-5-7(9)12-6-13-8(2,10-3)11-4/h5H,1,6H2,2-4H3/q+1. The van der Waals surface area contributed by atoms with Crippen LogP contribution in [0.2, 0.25) is 0 Å². The first-order chi connectivity index (χ1) is 6.08. The molecule has 0 radical (unpaired) electrons. The average molecular weight is 192 g/mol. The van der Waals surface area contributed by atoms with Gasteiger partial charge in [-0.05, 0) is 0 Å². The average Bonchev–Trinajstić information content (AvgIpc) is 2.17. The van der Waals surface area contributed by atoms with Gasteiger partial charge in [0.25, 0.3) is 6.79 Å². The first kappa shape index (κ1) is 12.0. The number of quaternary nitrogens is 1. The van der Waals surface area contributed by atoms with Gasteiger partial charge in [-0.25, -0.2) is 4.79 Å². The predicted molar refractivity (Wildman–Crippen MR) is 42.4 cm³/mol. The Labute approximate surface area is 76.7 Å². The third-order valence-corrected chi connectivity index (χ3v) is 1.32. The number of carbonyl (C=O) groups is 1. The third-order valence-electron chi connectivity index (χ3n) is 1.32. The molecule has 0 bridgehead atoms. The second-order valence-corrected chi connectivity index (χ2v) is 2.05. The van der Waals surface area contributed by atoms with Gasteiger partial charge >= 0.3 is 5.97 Å². The number of rotatable bonds is 6. The highest BCUT2D eigenvalue weighted by Crippen LogP contribution is 2.03. The van der Waals surface area contributed by atoms with E-state index < -0.39 is 10.9 Å². The highest BCUT2D eigenvalue weighted by atomic mass is 17.2. The van der Waals surface area contributed by atoms with Gasteiger partial charge in [0.15, 0.2) is 7.05 Å². The van der Waals surface area contributed by atoms with Gasteiger partial charge in [0.1, 0.15) is 14.2 Å². The van der Waals surface area contributed by atoms with Crippen molar-refractivity contribution in [3.8, 4) is 0 Å². The molecule has 13 heavy (non-hydrogen) atoms. The fraction of sp³-hybridized carbons (Fsp3) is 0.571. The molecule has 0 spiro atoms. The van der Waals surface area contributed by atoms with E-state index in [1.165, 1.54) is 21.3 Å². The lowest BCUT2D eigenvalue weighted by Crippen LogP contribution is -2.42. The van der Waals surface area contributed by atoms with Crippen LogP contribution in [0.1, 0.15) is 0 Å². The van der Waals surface area contributed by atoms with Crippen molar-refractivity contribution in [3.63, 3.8) is 0 Å². The largest absolute Gasteiger partial charge is 0.429 e. The Bertz CT molecular complexity index is 178.